The lowest BCUT2D eigenvalue weighted by molar-refractivity contribution is -0.118. The largest absolute Gasteiger partial charge is 0.298 e. The molecule has 0 rings (SSSR count). The monoisotopic (exact) mass is 191 g/mol. The Hall–Kier alpha value is -0.440. The first-order chi connectivity index (χ1) is 6.07. The van der Waals surface area contributed by atoms with Crippen LogP contribution in [0.2, 0.25) is 0 Å². The third-order valence-electron chi connectivity index (χ3n) is 1.47. The zero-order chi connectivity index (χ0) is 10.9. The van der Waals surface area contributed by atoms with Gasteiger partial charge in [-0.25, -0.2) is 4.39 Å². The maximum atomic E-state index is 12.8. The van der Waals surface area contributed by atoms with Gasteiger partial charge in [-0.1, -0.05) is 34.6 Å². The molecule has 1 N–H and O–H groups in total. The SMILES string of the molecule is CC.CCC(=O)CNC(F)C(C)C. The second-order valence-corrected chi connectivity index (χ2v) is 2.92. The van der Waals surface area contributed by atoms with Gasteiger partial charge in [-0.2, -0.15) is 0 Å². The van der Waals surface area contributed by atoms with Gasteiger partial charge in [0.05, 0.1) is 6.54 Å². The molecule has 0 heterocycles. The molecular weight excluding hydrogens is 169 g/mol. The zero-order valence-corrected chi connectivity index (χ0v) is 9.36. The average molecular weight is 191 g/mol. The Balaban J connectivity index is 0. The lowest BCUT2D eigenvalue weighted by Gasteiger charge is -2.12. The molecule has 0 aromatic heterocycles. The van der Waals surface area contributed by atoms with Crippen LogP contribution in [0.3, 0.4) is 0 Å². The van der Waals surface area contributed by atoms with Crippen molar-refractivity contribution in [2.75, 3.05) is 6.54 Å². The Morgan fingerprint density at radius 1 is 1.38 bits per heavy atom. The van der Waals surface area contributed by atoms with Crippen LogP contribution in [-0.4, -0.2) is 18.6 Å². The molecule has 0 aromatic carbocycles. The lowest BCUT2D eigenvalue weighted by atomic mass is 10.2. The highest BCUT2D eigenvalue weighted by Gasteiger charge is 2.10. The van der Waals surface area contributed by atoms with E-state index in [1.165, 1.54) is 0 Å². The van der Waals surface area contributed by atoms with E-state index in [9.17, 15) is 9.18 Å². The summed E-state index contributed by atoms with van der Waals surface area (Å²) in [6.07, 6.45) is -0.594. The van der Waals surface area contributed by atoms with Crippen molar-refractivity contribution in [3.63, 3.8) is 0 Å². The van der Waals surface area contributed by atoms with Gasteiger partial charge in [0.25, 0.3) is 0 Å². The van der Waals surface area contributed by atoms with E-state index in [0.29, 0.717) is 6.42 Å². The van der Waals surface area contributed by atoms with E-state index in [4.69, 9.17) is 0 Å². The summed E-state index contributed by atoms with van der Waals surface area (Å²) >= 11 is 0. The van der Waals surface area contributed by atoms with Gasteiger partial charge in [0.15, 0.2) is 6.30 Å². The van der Waals surface area contributed by atoms with Crippen LogP contribution in [-0.2, 0) is 4.79 Å². The van der Waals surface area contributed by atoms with E-state index in [2.05, 4.69) is 5.32 Å². The molecule has 3 heteroatoms. The maximum absolute atomic E-state index is 12.8. The fourth-order valence-electron chi connectivity index (χ4n) is 0.572. The second kappa shape index (κ2) is 9.65. The molecule has 1 unspecified atom stereocenters. The number of alkyl halides is 1. The van der Waals surface area contributed by atoms with Crippen molar-refractivity contribution in [3.8, 4) is 0 Å². The van der Waals surface area contributed by atoms with Crippen molar-refractivity contribution in [2.24, 2.45) is 5.92 Å². The quantitative estimate of drug-likeness (QED) is 0.677. The van der Waals surface area contributed by atoms with Gasteiger partial charge in [-0.3, -0.25) is 10.1 Å². The van der Waals surface area contributed by atoms with Crippen molar-refractivity contribution in [2.45, 2.75) is 47.3 Å². The molecule has 0 amide bonds. The third kappa shape index (κ3) is 9.47. The molecule has 2 nitrogen and oxygen atoms in total. The third-order valence-corrected chi connectivity index (χ3v) is 1.47. The number of Topliss-reactive ketones (excluding diaryl/α,β-unsaturated/α-hetero) is 1. The Bertz CT molecular complexity index is 126. The summed E-state index contributed by atoms with van der Waals surface area (Å²) in [4.78, 5) is 10.7. The number of ketones is 1. The van der Waals surface area contributed by atoms with Gasteiger partial charge in [-0.15, -0.1) is 0 Å². The van der Waals surface area contributed by atoms with Crippen molar-refractivity contribution in [3.05, 3.63) is 0 Å². The maximum Gasteiger partial charge on any atom is 0.153 e. The topological polar surface area (TPSA) is 29.1 Å². The zero-order valence-electron chi connectivity index (χ0n) is 9.36. The Morgan fingerprint density at radius 3 is 2.15 bits per heavy atom. The van der Waals surface area contributed by atoms with Gasteiger partial charge in [0.2, 0.25) is 0 Å². The van der Waals surface area contributed by atoms with Gasteiger partial charge in [0.1, 0.15) is 5.78 Å². The first-order valence-electron chi connectivity index (χ1n) is 4.97. The molecule has 80 valence electrons. The van der Waals surface area contributed by atoms with E-state index in [1.807, 2.05) is 13.8 Å². The second-order valence-electron chi connectivity index (χ2n) is 2.92. The smallest absolute Gasteiger partial charge is 0.153 e. The van der Waals surface area contributed by atoms with Crippen LogP contribution in [0.4, 0.5) is 4.39 Å². The molecule has 0 saturated heterocycles. The molecule has 1 atom stereocenters. The van der Waals surface area contributed by atoms with Crippen molar-refractivity contribution < 1.29 is 9.18 Å². The summed E-state index contributed by atoms with van der Waals surface area (Å²) < 4.78 is 12.8. The summed E-state index contributed by atoms with van der Waals surface area (Å²) in [5, 5.41) is 2.52. The van der Waals surface area contributed by atoms with E-state index in [1.54, 1.807) is 20.8 Å². The Kier molecular flexibility index (Phi) is 11.2. The molecule has 0 aliphatic heterocycles. The van der Waals surface area contributed by atoms with Crippen LogP contribution in [0.25, 0.3) is 0 Å². The number of carbonyl (C=O) groups excluding carboxylic acids is 1. The van der Waals surface area contributed by atoms with E-state index in [0.717, 1.165) is 0 Å². The number of carbonyl (C=O) groups is 1. The first-order valence-corrected chi connectivity index (χ1v) is 4.97. The fourth-order valence-corrected chi connectivity index (χ4v) is 0.572. The van der Waals surface area contributed by atoms with E-state index < -0.39 is 6.30 Å². The predicted molar refractivity (Wildman–Crippen MR) is 54.4 cm³/mol. The molecule has 0 aromatic rings. The minimum atomic E-state index is -1.06. The lowest BCUT2D eigenvalue weighted by Crippen LogP contribution is -2.33. The van der Waals surface area contributed by atoms with Crippen LogP contribution >= 0.6 is 0 Å². The molecule has 0 bridgehead atoms. The molecule has 0 saturated carbocycles. The first kappa shape index (κ1) is 15.1. The van der Waals surface area contributed by atoms with Crippen molar-refractivity contribution in [1.82, 2.24) is 5.32 Å². The summed E-state index contributed by atoms with van der Waals surface area (Å²) in [5.74, 6) is -0.0204. The molecule has 13 heavy (non-hydrogen) atoms. The minimum absolute atomic E-state index is 0.0494. The number of hydrogen-bond donors (Lipinski definition) is 1. The fraction of sp³-hybridized carbons (Fsp3) is 0.900. The highest BCUT2D eigenvalue weighted by atomic mass is 19.1. The summed E-state index contributed by atoms with van der Waals surface area (Å²) in [6.45, 7) is 9.46. The van der Waals surface area contributed by atoms with Crippen molar-refractivity contribution in [1.29, 1.82) is 0 Å². The molecular formula is C10H22FNO. The number of halogens is 1. The van der Waals surface area contributed by atoms with E-state index >= 15 is 0 Å². The minimum Gasteiger partial charge on any atom is -0.298 e. The normalized spacial score (nSPS) is 11.9. The average Bonchev–Trinajstić information content (AvgIpc) is 2.16. The van der Waals surface area contributed by atoms with Gasteiger partial charge < -0.3 is 0 Å². The molecule has 0 aliphatic carbocycles. The van der Waals surface area contributed by atoms with Crippen LogP contribution in [0.15, 0.2) is 0 Å². The Morgan fingerprint density at radius 2 is 1.85 bits per heavy atom. The van der Waals surface area contributed by atoms with Crippen LogP contribution in [0.1, 0.15) is 41.0 Å². The summed E-state index contributed by atoms with van der Waals surface area (Å²) in [7, 11) is 0. The molecule has 0 radical (unpaired) electrons. The summed E-state index contributed by atoms with van der Waals surface area (Å²) in [6, 6.07) is 0. The van der Waals surface area contributed by atoms with Gasteiger partial charge >= 0.3 is 0 Å². The molecule has 0 fully saturated rings. The number of hydrogen-bond acceptors (Lipinski definition) is 2. The van der Waals surface area contributed by atoms with Crippen LogP contribution < -0.4 is 5.32 Å². The molecule has 0 aliphatic rings. The molecule has 0 spiro atoms. The predicted octanol–water partition coefficient (Wildman–Crippen LogP) is 2.53. The van der Waals surface area contributed by atoms with Gasteiger partial charge in [0, 0.05) is 6.42 Å². The Labute approximate surface area is 80.9 Å². The van der Waals surface area contributed by atoms with E-state index in [-0.39, 0.29) is 18.2 Å². The van der Waals surface area contributed by atoms with Crippen molar-refractivity contribution >= 4 is 5.78 Å². The number of nitrogens with one attached hydrogen (secondary N) is 1. The highest BCUT2D eigenvalue weighted by molar-refractivity contribution is 5.80. The van der Waals surface area contributed by atoms with Crippen LogP contribution in [0.5, 0.6) is 0 Å². The summed E-state index contributed by atoms with van der Waals surface area (Å²) in [5.41, 5.74) is 0. The van der Waals surface area contributed by atoms with Gasteiger partial charge in [-0.05, 0) is 5.92 Å². The standard InChI is InChI=1S/C8H16FNO.C2H6/c1-4-7(11)5-10-8(9)6(2)3;1-2/h6,8,10H,4-5H2,1-3H3;1-2H3. The highest BCUT2D eigenvalue weighted by Crippen LogP contribution is 2.01. The number of rotatable bonds is 5. The van der Waals surface area contributed by atoms with Crippen LogP contribution in [0, 0.1) is 5.92 Å².